The Labute approximate surface area is 104 Å². The summed E-state index contributed by atoms with van der Waals surface area (Å²) < 4.78 is 10.9. The van der Waals surface area contributed by atoms with Crippen LogP contribution in [0.3, 0.4) is 0 Å². The normalized spacial score (nSPS) is 10.6. The molecule has 0 radical (unpaired) electrons. The van der Waals surface area contributed by atoms with E-state index in [1.165, 1.54) is 0 Å². The van der Waals surface area contributed by atoms with Crippen LogP contribution in [0.5, 0.6) is 11.5 Å². The number of hydrogen-bond acceptors (Lipinski definition) is 4. The summed E-state index contributed by atoms with van der Waals surface area (Å²) in [5, 5.41) is 3.12. The first-order valence-corrected chi connectivity index (χ1v) is 5.87. The van der Waals surface area contributed by atoms with Gasteiger partial charge in [-0.3, -0.25) is 0 Å². The van der Waals surface area contributed by atoms with Crippen molar-refractivity contribution in [1.82, 2.24) is 10.2 Å². The van der Waals surface area contributed by atoms with Gasteiger partial charge in [-0.25, -0.2) is 0 Å². The summed E-state index contributed by atoms with van der Waals surface area (Å²) in [6.45, 7) is 3.58. The summed E-state index contributed by atoms with van der Waals surface area (Å²) in [7, 11) is 5.70. The maximum atomic E-state index is 5.69. The molecule has 17 heavy (non-hydrogen) atoms. The summed E-state index contributed by atoms with van der Waals surface area (Å²) in [5.41, 5.74) is 0. The molecule has 0 heterocycles. The lowest BCUT2D eigenvalue weighted by Gasteiger charge is -2.17. The Bertz CT molecular complexity index is 318. The van der Waals surface area contributed by atoms with Crippen molar-refractivity contribution >= 4 is 0 Å². The maximum Gasteiger partial charge on any atom is 0.161 e. The van der Waals surface area contributed by atoms with E-state index in [9.17, 15) is 0 Å². The number of para-hydroxylation sites is 2. The van der Waals surface area contributed by atoms with Crippen LogP contribution in [0.4, 0.5) is 0 Å². The van der Waals surface area contributed by atoms with Crippen molar-refractivity contribution in [2.24, 2.45) is 0 Å². The second kappa shape index (κ2) is 7.92. The summed E-state index contributed by atoms with van der Waals surface area (Å²) >= 11 is 0. The van der Waals surface area contributed by atoms with Gasteiger partial charge >= 0.3 is 0 Å². The van der Waals surface area contributed by atoms with Gasteiger partial charge in [-0.2, -0.15) is 0 Å². The third kappa shape index (κ3) is 5.06. The Morgan fingerprint density at radius 2 is 1.88 bits per heavy atom. The molecule has 0 aliphatic rings. The standard InChI is InChI=1S/C13H22N2O2/c1-14-8-9-15(2)10-11-17-13-7-5-4-6-12(13)16-3/h4-7,14H,8-11H2,1-3H3. The van der Waals surface area contributed by atoms with Gasteiger partial charge in [0.05, 0.1) is 7.11 Å². The second-order valence-electron chi connectivity index (χ2n) is 3.91. The molecule has 1 aromatic rings. The van der Waals surface area contributed by atoms with Crippen LogP contribution in [0.15, 0.2) is 24.3 Å². The fourth-order valence-corrected chi connectivity index (χ4v) is 1.46. The van der Waals surface area contributed by atoms with Gasteiger partial charge in [0.1, 0.15) is 6.61 Å². The molecule has 0 atom stereocenters. The second-order valence-corrected chi connectivity index (χ2v) is 3.91. The quantitative estimate of drug-likeness (QED) is 0.738. The number of nitrogens with zero attached hydrogens (tertiary/aromatic N) is 1. The molecular formula is C13H22N2O2. The van der Waals surface area contributed by atoms with Crippen LogP contribution in [-0.4, -0.2) is 52.3 Å². The van der Waals surface area contributed by atoms with E-state index in [-0.39, 0.29) is 0 Å². The van der Waals surface area contributed by atoms with Crippen LogP contribution in [-0.2, 0) is 0 Å². The van der Waals surface area contributed by atoms with Gasteiger partial charge in [0.15, 0.2) is 11.5 Å². The average Bonchev–Trinajstić information content (AvgIpc) is 2.37. The van der Waals surface area contributed by atoms with E-state index in [0.29, 0.717) is 6.61 Å². The van der Waals surface area contributed by atoms with Crippen LogP contribution in [0, 0.1) is 0 Å². The molecule has 0 spiro atoms. The first kappa shape index (κ1) is 13.8. The van der Waals surface area contributed by atoms with Crippen LogP contribution in [0.2, 0.25) is 0 Å². The number of methoxy groups -OCH3 is 1. The van der Waals surface area contributed by atoms with Crippen LogP contribution in [0.1, 0.15) is 0 Å². The predicted molar refractivity (Wildman–Crippen MR) is 69.9 cm³/mol. The van der Waals surface area contributed by atoms with E-state index in [1.807, 2.05) is 31.3 Å². The molecule has 0 fully saturated rings. The fraction of sp³-hybridized carbons (Fsp3) is 0.538. The van der Waals surface area contributed by atoms with E-state index >= 15 is 0 Å². The van der Waals surface area contributed by atoms with Crippen molar-refractivity contribution in [1.29, 1.82) is 0 Å². The molecule has 1 rings (SSSR count). The van der Waals surface area contributed by atoms with E-state index < -0.39 is 0 Å². The topological polar surface area (TPSA) is 33.7 Å². The molecule has 0 aromatic heterocycles. The molecule has 4 heteroatoms. The number of hydrogen-bond donors (Lipinski definition) is 1. The molecule has 1 N–H and O–H groups in total. The number of nitrogens with one attached hydrogen (secondary N) is 1. The predicted octanol–water partition coefficient (Wildman–Crippen LogP) is 1.23. The van der Waals surface area contributed by atoms with Gasteiger partial charge in [0, 0.05) is 19.6 Å². The van der Waals surface area contributed by atoms with Gasteiger partial charge < -0.3 is 19.7 Å². The molecule has 96 valence electrons. The monoisotopic (exact) mass is 238 g/mol. The third-order valence-electron chi connectivity index (χ3n) is 2.54. The Morgan fingerprint density at radius 1 is 1.18 bits per heavy atom. The van der Waals surface area contributed by atoms with Crippen LogP contribution >= 0.6 is 0 Å². The van der Waals surface area contributed by atoms with Crippen molar-refractivity contribution in [3.63, 3.8) is 0 Å². The number of ether oxygens (including phenoxy) is 2. The van der Waals surface area contributed by atoms with Gasteiger partial charge in [0.25, 0.3) is 0 Å². The van der Waals surface area contributed by atoms with E-state index in [1.54, 1.807) is 7.11 Å². The highest BCUT2D eigenvalue weighted by Gasteiger charge is 2.03. The first-order chi connectivity index (χ1) is 8.27. The molecular weight excluding hydrogens is 216 g/mol. The van der Waals surface area contributed by atoms with Crippen molar-refractivity contribution in [2.45, 2.75) is 0 Å². The Hall–Kier alpha value is -1.26. The summed E-state index contributed by atoms with van der Waals surface area (Å²) in [5.74, 6) is 1.59. The zero-order valence-corrected chi connectivity index (χ0v) is 10.9. The average molecular weight is 238 g/mol. The zero-order valence-electron chi connectivity index (χ0n) is 10.9. The number of benzene rings is 1. The minimum atomic E-state index is 0.667. The Balaban J connectivity index is 2.30. The van der Waals surface area contributed by atoms with Crippen molar-refractivity contribution in [3.8, 4) is 11.5 Å². The SMILES string of the molecule is CNCCN(C)CCOc1ccccc1OC. The molecule has 0 aliphatic carbocycles. The lowest BCUT2D eigenvalue weighted by atomic mass is 10.3. The maximum absolute atomic E-state index is 5.69. The lowest BCUT2D eigenvalue weighted by Crippen LogP contribution is -2.30. The molecule has 0 amide bonds. The molecule has 0 saturated carbocycles. The highest BCUT2D eigenvalue weighted by molar-refractivity contribution is 5.39. The largest absolute Gasteiger partial charge is 0.493 e. The molecule has 1 aromatic carbocycles. The molecule has 0 unspecified atom stereocenters. The highest BCUT2D eigenvalue weighted by Crippen LogP contribution is 2.25. The van der Waals surface area contributed by atoms with Gasteiger partial charge in [-0.15, -0.1) is 0 Å². The van der Waals surface area contributed by atoms with E-state index in [4.69, 9.17) is 9.47 Å². The van der Waals surface area contributed by atoms with Crippen molar-refractivity contribution in [2.75, 3.05) is 47.4 Å². The van der Waals surface area contributed by atoms with Crippen LogP contribution in [0.25, 0.3) is 0 Å². The summed E-state index contributed by atoms with van der Waals surface area (Å²) in [6, 6.07) is 7.71. The summed E-state index contributed by atoms with van der Waals surface area (Å²) in [4.78, 5) is 2.23. The van der Waals surface area contributed by atoms with Gasteiger partial charge in [0.2, 0.25) is 0 Å². The molecule has 0 saturated heterocycles. The van der Waals surface area contributed by atoms with Gasteiger partial charge in [-0.05, 0) is 26.2 Å². The lowest BCUT2D eigenvalue weighted by molar-refractivity contribution is 0.231. The van der Waals surface area contributed by atoms with Crippen LogP contribution < -0.4 is 14.8 Å². The van der Waals surface area contributed by atoms with Crippen molar-refractivity contribution in [3.05, 3.63) is 24.3 Å². The minimum Gasteiger partial charge on any atom is -0.493 e. The molecule has 4 nitrogen and oxygen atoms in total. The zero-order chi connectivity index (χ0) is 12.5. The van der Waals surface area contributed by atoms with E-state index in [2.05, 4.69) is 17.3 Å². The molecule has 0 aliphatic heterocycles. The third-order valence-corrected chi connectivity index (χ3v) is 2.54. The Kier molecular flexibility index (Phi) is 6.43. The highest BCUT2D eigenvalue weighted by atomic mass is 16.5. The first-order valence-electron chi connectivity index (χ1n) is 5.87. The van der Waals surface area contributed by atoms with Crippen molar-refractivity contribution < 1.29 is 9.47 Å². The smallest absolute Gasteiger partial charge is 0.161 e. The minimum absolute atomic E-state index is 0.667. The molecule has 0 bridgehead atoms. The fourth-order valence-electron chi connectivity index (χ4n) is 1.46. The van der Waals surface area contributed by atoms with E-state index in [0.717, 1.165) is 31.1 Å². The summed E-state index contributed by atoms with van der Waals surface area (Å²) in [6.07, 6.45) is 0. The number of likely N-dealkylation sites (N-methyl/N-ethyl adjacent to an activating group) is 2. The number of rotatable bonds is 8. The van der Waals surface area contributed by atoms with Gasteiger partial charge in [-0.1, -0.05) is 12.1 Å². The Morgan fingerprint density at radius 3 is 2.53 bits per heavy atom.